The number of hydrogen-bond donors (Lipinski definition) is 0. The van der Waals surface area contributed by atoms with Crippen molar-refractivity contribution in [2.75, 3.05) is 27.2 Å². The number of likely N-dealkylation sites (N-methyl/N-ethyl adjacent to an activating group) is 1. The molecule has 0 spiro atoms. The summed E-state index contributed by atoms with van der Waals surface area (Å²) in [6.07, 6.45) is 6.75. The Balaban J connectivity index is 2.18. The summed E-state index contributed by atoms with van der Waals surface area (Å²) in [4.78, 5) is 13.1. The van der Waals surface area contributed by atoms with Gasteiger partial charge in [0.2, 0.25) is 0 Å². The lowest BCUT2D eigenvalue weighted by molar-refractivity contribution is -0.141. The van der Waals surface area contributed by atoms with Crippen molar-refractivity contribution < 1.29 is 9.53 Å². The highest BCUT2D eigenvalue weighted by Crippen LogP contribution is 2.23. The van der Waals surface area contributed by atoms with Crippen LogP contribution >= 0.6 is 0 Å². The molecule has 0 unspecified atom stereocenters. The Kier molecular flexibility index (Phi) is 4.94. The normalized spacial score (nSPS) is 18.5. The number of esters is 1. The number of rotatable bonds is 4. The second kappa shape index (κ2) is 6.02. The molecule has 1 saturated carbocycles. The summed E-state index contributed by atoms with van der Waals surface area (Å²) in [5, 5.41) is 0. The second-order valence-electron chi connectivity index (χ2n) is 4.28. The van der Waals surface area contributed by atoms with Gasteiger partial charge in [0.05, 0.1) is 13.7 Å². The molecule has 0 N–H and O–H groups in total. The molecule has 14 heavy (non-hydrogen) atoms. The lowest BCUT2D eigenvalue weighted by Gasteiger charge is -2.26. The zero-order chi connectivity index (χ0) is 10.4. The minimum Gasteiger partial charge on any atom is -0.468 e. The Labute approximate surface area is 86.4 Å². The smallest absolute Gasteiger partial charge is 0.319 e. The summed E-state index contributed by atoms with van der Waals surface area (Å²) in [5.74, 6) is 0.654. The van der Waals surface area contributed by atoms with Crippen molar-refractivity contribution in [3.05, 3.63) is 0 Å². The van der Waals surface area contributed by atoms with Gasteiger partial charge in [-0.2, -0.15) is 0 Å². The van der Waals surface area contributed by atoms with Crippen LogP contribution in [0.3, 0.4) is 0 Å². The number of carbonyl (C=O) groups is 1. The van der Waals surface area contributed by atoms with Crippen molar-refractivity contribution in [3.63, 3.8) is 0 Å². The predicted molar refractivity (Wildman–Crippen MR) is 56.1 cm³/mol. The molecule has 0 aromatic heterocycles. The number of nitrogens with zero attached hydrogens (tertiary/aromatic N) is 1. The van der Waals surface area contributed by atoms with Crippen LogP contribution in [0.4, 0.5) is 0 Å². The van der Waals surface area contributed by atoms with E-state index in [0.29, 0.717) is 6.54 Å². The Bertz CT molecular complexity index is 176. The van der Waals surface area contributed by atoms with Gasteiger partial charge in [0.15, 0.2) is 0 Å². The van der Waals surface area contributed by atoms with Gasteiger partial charge in [-0.3, -0.25) is 9.69 Å². The van der Waals surface area contributed by atoms with Crippen molar-refractivity contribution in [2.24, 2.45) is 5.92 Å². The molecule has 1 aliphatic carbocycles. The summed E-state index contributed by atoms with van der Waals surface area (Å²) in [6.45, 7) is 1.46. The van der Waals surface area contributed by atoms with Crippen molar-refractivity contribution in [2.45, 2.75) is 32.1 Å². The first-order valence-electron chi connectivity index (χ1n) is 5.47. The Hall–Kier alpha value is -0.570. The van der Waals surface area contributed by atoms with E-state index in [1.54, 1.807) is 0 Å². The van der Waals surface area contributed by atoms with E-state index in [4.69, 9.17) is 0 Å². The SMILES string of the molecule is COC(=O)CN(C)CC1CCCCC1. The molecule has 0 aliphatic heterocycles. The second-order valence-corrected chi connectivity index (χ2v) is 4.28. The number of ether oxygens (including phenoxy) is 1. The molecule has 0 bridgehead atoms. The van der Waals surface area contributed by atoms with E-state index >= 15 is 0 Å². The number of carbonyl (C=O) groups excluding carboxylic acids is 1. The maximum absolute atomic E-state index is 11.0. The lowest BCUT2D eigenvalue weighted by Crippen LogP contribution is -2.32. The van der Waals surface area contributed by atoms with Gasteiger partial charge in [0.25, 0.3) is 0 Å². The predicted octanol–water partition coefficient (Wildman–Crippen LogP) is 1.67. The quantitative estimate of drug-likeness (QED) is 0.645. The molecule has 82 valence electrons. The molecule has 3 heteroatoms. The van der Waals surface area contributed by atoms with E-state index in [0.717, 1.165) is 12.5 Å². The fourth-order valence-corrected chi connectivity index (χ4v) is 2.16. The zero-order valence-electron chi connectivity index (χ0n) is 9.29. The Morgan fingerprint density at radius 2 is 2.00 bits per heavy atom. The largest absolute Gasteiger partial charge is 0.468 e. The minimum absolute atomic E-state index is 0.136. The molecular weight excluding hydrogens is 178 g/mol. The first-order chi connectivity index (χ1) is 6.72. The van der Waals surface area contributed by atoms with Crippen LogP contribution in [0.15, 0.2) is 0 Å². The first-order valence-corrected chi connectivity index (χ1v) is 5.47. The molecule has 0 amide bonds. The van der Waals surface area contributed by atoms with E-state index in [1.807, 2.05) is 7.05 Å². The van der Waals surface area contributed by atoms with E-state index in [9.17, 15) is 4.79 Å². The lowest BCUT2D eigenvalue weighted by atomic mass is 9.89. The molecule has 1 rings (SSSR count). The molecule has 1 aliphatic rings. The molecular formula is C11H21NO2. The standard InChI is InChI=1S/C11H21NO2/c1-12(9-11(13)14-2)8-10-6-4-3-5-7-10/h10H,3-9H2,1-2H3. The van der Waals surface area contributed by atoms with Gasteiger partial charge >= 0.3 is 5.97 Å². The average molecular weight is 199 g/mol. The minimum atomic E-state index is -0.136. The van der Waals surface area contributed by atoms with Crippen LogP contribution in [0.5, 0.6) is 0 Å². The van der Waals surface area contributed by atoms with Crippen molar-refractivity contribution >= 4 is 5.97 Å². The van der Waals surface area contributed by atoms with Gasteiger partial charge in [-0.05, 0) is 25.8 Å². The summed E-state index contributed by atoms with van der Waals surface area (Å²) in [7, 11) is 3.43. The molecule has 0 radical (unpaired) electrons. The van der Waals surface area contributed by atoms with Crippen LogP contribution in [0, 0.1) is 5.92 Å². The van der Waals surface area contributed by atoms with Crippen LogP contribution in [0.25, 0.3) is 0 Å². The van der Waals surface area contributed by atoms with Crippen molar-refractivity contribution in [3.8, 4) is 0 Å². The highest BCUT2D eigenvalue weighted by Gasteiger charge is 2.16. The number of methoxy groups -OCH3 is 1. The third kappa shape index (κ3) is 4.09. The summed E-state index contributed by atoms with van der Waals surface area (Å²) >= 11 is 0. The summed E-state index contributed by atoms with van der Waals surface area (Å²) in [5.41, 5.74) is 0. The van der Waals surface area contributed by atoms with Gasteiger partial charge in [0.1, 0.15) is 0 Å². The maximum atomic E-state index is 11.0. The van der Waals surface area contributed by atoms with Gasteiger partial charge in [-0.25, -0.2) is 0 Å². The maximum Gasteiger partial charge on any atom is 0.319 e. The van der Waals surface area contributed by atoms with E-state index in [-0.39, 0.29) is 5.97 Å². The monoisotopic (exact) mass is 199 g/mol. The van der Waals surface area contributed by atoms with Crippen molar-refractivity contribution in [1.82, 2.24) is 4.90 Å². The van der Waals surface area contributed by atoms with Gasteiger partial charge in [-0.15, -0.1) is 0 Å². The summed E-state index contributed by atoms with van der Waals surface area (Å²) in [6, 6.07) is 0. The Morgan fingerprint density at radius 1 is 1.36 bits per heavy atom. The molecule has 0 aromatic carbocycles. The third-order valence-corrected chi connectivity index (χ3v) is 2.92. The number of hydrogen-bond acceptors (Lipinski definition) is 3. The average Bonchev–Trinajstić information content (AvgIpc) is 2.19. The molecule has 3 nitrogen and oxygen atoms in total. The molecule has 0 saturated heterocycles. The highest BCUT2D eigenvalue weighted by atomic mass is 16.5. The van der Waals surface area contributed by atoms with Crippen LogP contribution in [0.1, 0.15) is 32.1 Å². The Morgan fingerprint density at radius 3 is 2.57 bits per heavy atom. The van der Waals surface area contributed by atoms with Crippen LogP contribution in [0.2, 0.25) is 0 Å². The van der Waals surface area contributed by atoms with Gasteiger partial charge < -0.3 is 4.74 Å². The van der Waals surface area contributed by atoms with Crippen LogP contribution in [-0.2, 0) is 9.53 Å². The third-order valence-electron chi connectivity index (χ3n) is 2.92. The van der Waals surface area contributed by atoms with E-state index in [2.05, 4.69) is 9.64 Å². The first kappa shape index (κ1) is 11.5. The topological polar surface area (TPSA) is 29.5 Å². The van der Waals surface area contributed by atoms with Crippen molar-refractivity contribution in [1.29, 1.82) is 0 Å². The highest BCUT2D eigenvalue weighted by molar-refractivity contribution is 5.71. The summed E-state index contributed by atoms with van der Waals surface area (Å²) < 4.78 is 4.63. The molecule has 0 atom stereocenters. The molecule has 0 aromatic rings. The van der Waals surface area contributed by atoms with Gasteiger partial charge in [0, 0.05) is 6.54 Å². The fourth-order valence-electron chi connectivity index (χ4n) is 2.16. The van der Waals surface area contributed by atoms with E-state index in [1.165, 1.54) is 39.2 Å². The molecule has 0 heterocycles. The van der Waals surface area contributed by atoms with Gasteiger partial charge in [-0.1, -0.05) is 19.3 Å². The van der Waals surface area contributed by atoms with E-state index < -0.39 is 0 Å². The fraction of sp³-hybridized carbons (Fsp3) is 0.909. The van der Waals surface area contributed by atoms with Crippen LogP contribution in [-0.4, -0.2) is 38.1 Å². The molecule has 1 fully saturated rings. The zero-order valence-corrected chi connectivity index (χ0v) is 9.29. The van der Waals surface area contributed by atoms with Crippen LogP contribution < -0.4 is 0 Å².